The summed E-state index contributed by atoms with van der Waals surface area (Å²) in [5.74, 6) is 0.405. The quantitative estimate of drug-likeness (QED) is 0.184. The van der Waals surface area contributed by atoms with Crippen LogP contribution in [0.15, 0.2) is 97.1 Å². The molecule has 0 bridgehead atoms. The van der Waals surface area contributed by atoms with Crippen molar-refractivity contribution in [2.24, 2.45) is 0 Å². The third-order valence-corrected chi connectivity index (χ3v) is 6.05. The number of hydrogen-bond donors (Lipinski definition) is 1. The van der Waals surface area contributed by atoms with Crippen LogP contribution in [0.25, 0.3) is 33.2 Å². The molecular weight excluding hydrogens is 519 g/mol. The van der Waals surface area contributed by atoms with Gasteiger partial charge in [-0.3, -0.25) is 4.98 Å². The zero-order valence-corrected chi connectivity index (χ0v) is 23.6. The molecule has 40 heavy (non-hydrogen) atoms. The van der Waals surface area contributed by atoms with Crippen LogP contribution in [0.2, 0.25) is 5.15 Å². The maximum absolute atomic E-state index is 8.22. The van der Waals surface area contributed by atoms with E-state index in [9.17, 15) is 0 Å². The van der Waals surface area contributed by atoms with Crippen molar-refractivity contribution < 1.29 is 9.68 Å². The average Bonchev–Trinajstić information content (AvgIpc) is 2.94. The molecule has 8 heteroatoms. The van der Waals surface area contributed by atoms with Crippen LogP contribution in [-0.4, -0.2) is 32.6 Å². The minimum absolute atomic E-state index is 0.405. The van der Waals surface area contributed by atoms with Crippen molar-refractivity contribution in [3.63, 3.8) is 0 Å². The second-order valence-corrected chi connectivity index (χ2v) is 9.61. The lowest BCUT2D eigenvalue weighted by Gasteiger charge is -2.04. The third-order valence-electron chi connectivity index (χ3n) is 5.84. The van der Waals surface area contributed by atoms with Crippen LogP contribution in [0, 0.1) is 27.7 Å². The molecule has 6 nitrogen and oxygen atoms in total. The van der Waals surface area contributed by atoms with E-state index in [0.717, 1.165) is 39.2 Å². The van der Waals surface area contributed by atoms with Gasteiger partial charge in [-0.25, -0.2) is 15.0 Å². The molecule has 0 saturated carbocycles. The summed E-state index contributed by atoms with van der Waals surface area (Å²) in [5, 5.41) is 11.1. The van der Waals surface area contributed by atoms with Gasteiger partial charge in [0.05, 0.1) is 22.4 Å². The molecule has 1 N–H and O–H groups in total. The van der Waals surface area contributed by atoms with Crippen molar-refractivity contribution >= 4 is 41.1 Å². The molecule has 6 rings (SSSR count). The van der Waals surface area contributed by atoms with E-state index >= 15 is 0 Å². The zero-order chi connectivity index (χ0) is 28.5. The molecule has 199 valence electrons. The Balaban J connectivity index is 0.000000147. The number of hydrogen-bond acceptors (Lipinski definition) is 6. The van der Waals surface area contributed by atoms with Crippen molar-refractivity contribution in [3.05, 3.63) is 125 Å². The van der Waals surface area contributed by atoms with Gasteiger partial charge in [0.1, 0.15) is 5.15 Å². The largest absolute Gasteiger partial charge is 0.570 e. The van der Waals surface area contributed by atoms with Crippen LogP contribution in [0.3, 0.4) is 0 Å². The van der Waals surface area contributed by atoms with Gasteiger partial charge in [0.25, 0.3) is 0 Å². The van der Waals surface area contributed by atoms with Crippen LogP contribution < -0.4 is 4.65 Å². The summed E-state index contributed by atoms with van der Waals surface area (Å²) in [6, 6.07) is 31.7. The van der Waals surface area contributed by atoms with Gasteiger partial charge < -0.3 is 9.68 Å². The maximum Gasteiger partial charge on any atom is 0.570 e. The first-order valence-corrected chi connectivity index (χ1v) is 13.1. The van der Waals surface area contributed by atoms with Gasteiger partial charge in [-0.2, -0.15) is 0 Å². The number of aromatic nitrogens is 4. The molecule has 2 aromatic carbocycles. The van der Waals surface area contributed by atoms with E-state index in [0.29, 0.717) is 18.7 Å². The predicted molar refractivity (Wildman–Crippen MR) is 164 cm³/mol. The highest BCUT2D eigenvalue weighted by atomic mass is 35.5. The Morgan fingerprint density at radius 2 is 1.18 bits per heavy atom. The summed E-state index contributed by atoms with van der Waals surface area (Å²) in [6.07, 6.45) is 0. The summed E-state index contributed by atoms with van der Waals surface area (Å²) in [5.41, 5.74) is 8.19. The molecule has 6 aromatic rings. The van der Waals surface area contributed by atoms with Gasteiger partial charge in [-0.1, -0.05) is 53.1 Å². The first-order valence-electron chi connectivity index (χ1n) is 12.7. The standard InChI is InChI=1S/C16H14N2.C10H8ClN.C6H7BNO2/c1-11-6-8-14-13(10-11)7-9-16(18-14)15-5-3-4-12(2)17-15;1-7-2-4-9-8(6-7)3-5-10(11)12-9;1-5-3-2-4-6(8-5)10-7-9/h3-10H,1-2H3;2-6H,1H3;2-4,9H,1H3. The molecule has 0 fully saturated rings. The molecule has 0 amide bonds. The molecule has 1 radical (unpaired) electrons. The first-order chi connectivity index (χ1) is 19.3. The summed E-state index contributed by atoms with van der Waals surface area (Å²) in [7, 11) is 0.613. The Labute approximate surface area is 240 Å². The van der Waals surface area contributed by atoms with Gasteiger partial charge in [0, 0.05) is 22.2 Å². The van der Waals surface area contributed by atoms with Gasteiger partial charge in [0.2, 0.25) is 0 Å². The molecule has 0 spiro atoms. The first kappa shape index (κ1) is 28.7. The second-order valence-electron chi connectivity index (χ2n) is 9.23. The lowest BCUT2D eigenvalue weighted by molar-refractivity contribution is 0.442. The fourth-order valence-electron chi connectivity index (χ4n) is 3.93. The number of benzene rings is 2. The van der Waals surface area contributed by atoms with Crippen LogP contribution in [-0.2, 0) is 0 Å². The molecule has 4 aromatic heterocycles. The van der Waals surface area contributed by atoms with Crippen LogP contribution in [0.4, 0.5) is 0 Å². The Morgan fingerprint density at radius 1 is 0.600 bits per heavy atom. The smallest absolute Gasteiger partial charge is 0.523 e. The van der Waals surface area contributed by atoms with Gasteiger partial charge >= 0.3 is 7.69 Å². The number of halogens is 1. The van der Waals surface area contributed by atoms with Crippen molar-refractivity contribution in [2.75, 3.05) is 0 Å². The lowest BCUT2D eigenvalue weighted by Crippen LogP contribution is -2.01. The van der Waals surface area contributed by atoms with E-state index in [2.05, 4.69) is 68.8 Å². The minimum Gasteiger partial charge on any atom is -0.523 e. The molecule has 0 atom stereocenters. The van der Waals surface area contributed by atoms with Crippen LogP contribution in [0.5, 0.6) is 5.88 Å². The highest BCUT2D eigenvalue weighted by Gasteiger charge is 2.03. The van der Waals surface area contributed by atoms with Crippen LogP contribution in [0.1, 0.15) is 22.5 Å². The number of rotatable bonds is 3. The van der Waals surface area contributed by atoms with Gasteiger partial charge in [0.15, 0.2) is 5.88 Å². The molecule has 0 aliphatic heterocycles. The molecular formula is C32H29BClN4O2. The SMILES string of the molecule is Cc1ccc2nc(-c3cccc(C)n3)ccc2c1.Cc1ccc2nc(Cl)ccc2c1.Cc1cccc(O[B]O)n1. The van der Waals surface area contributed by atoms with E-state index in [1.807, 2.05) is 68.4 Å². The summed E-state index contributed by atoms with van der Waals surface area (Å²) >= 11 is 5.75. The third kappa shape index (κ3) is 8.09. The Kier molecular flexibility index (Phi) is 9.79. The molecule has 0 unspecified atom stereocenters. The Morgan fingerprint density at radius 3 is 1.80 bits per heavy atom. The summed E-state index contributed by atoms with van der Waals surface area (Å²) < 4.78 is 4.61. The normalized spacial score (nSPS) is 10.2. The minimum atomic E-state index is 0.405. The highest BCUT2D eigenvalue weighted by Crippen LogP contribution is 2.20. The second kappa shape index (κ2) is 13.6. The topological polar surface area (TPSA) is 81.0 Å². The number of fused-ring (bicyclic) bond motifs is 2. The Hall–Kier alpha value is -4.33. The van der Waals surface area contributed by atoms with E-state index in [4.69, 9.17) is 16.6 Å². The van der Waals surface area contributed by atoms with E-state index in [1.165, 1.54) is 16.5 Å². The molecule has 0 aliphatic carbocycles. The average molecular weight is 548 g/mol. The number of pyridine rings is 4. The van der Waals surface area contributed by atoms with E-state index < -0.39 is 0 Å². The van der Waals surface area contributed by atoms with E-state index in [-0.39, 0.29) is 0 Å². The maximum atomic E-state index is 8.22. The summed E-state index contributed by atoms with van der Waals surface area (Å²) in [4.78, 5) is 17.3. The molecule has 0 saturated heterocycles. The number of aryl methyl sites for hydroxylation is 4. The fraction of sp³-hybridized carbons (Fsp3) is 0.125. The van der Waals surface area contributed by atoms with Crippen LogP contribution >= 0.6 is 11.6 Å². The molecule has 4 heterocycles. The van der Waals surface area contributed by atoms with Crippen molar-refractivity contribution in [1.29, 1.82) is 0 Å². The monoisotopic (exact) mass is 547 g/mol. The highest BCUT2D eigenvalue weighted by molar-refractivity contribution is 6.29. The molecule has 0 aliphatic rings. The lowest BCUT2D eigenvalue weighted by atomic mass is 10.1. The zero-order valence-electron chi connectivity index (χ0n) is 22.8. The number of nitrogens with zero attached hydrogens (tertiary/aromatic N) is 4. The van der Waals surface area contributed by atoms with Crippen molar-refractivity contribution in [1.82, 2.24) is 19.9 Å². The Bertz CT molecular complexity index is 1710. The van der Waals surface area contributed by atoms with Gasteiger partial charge in [-0.15, -0.1) is 0 Å². The van der Waals surface area contributed by atoms with Crippen molar-refractivity contribution in [2.45, 2.75) is 27.7 Å². The van der Waals surface area contributed by atoms with Gasteiger partial charge in [-0.05, 0) is 94.4 Å². The summed E-state index contributed by atoms with van der Waals surface area (Å²) in [6.45, 7) is 8.00. The van der Waals surface area contributed by atoms with Crippen molar-refractivity contribution in [3.8, 4) is 17.3 Å². The predicted octanol–water partition coefficient (Wildman–Crippen LogP) is 7.41. The van der Waals surface area contributed by atoms with E-state index in [1.54, 1.807) is 12.1 Å². The fourth-order valence-corrected chi connectivity index (χ4v) is 4.09.